The van der Waals surface area contributed by atoms with Crippen molar-refractivity contribution in [3.8, 4) is 0 Å². The monoisotopic (exact) mass is 760 g/mol. The topological polar surface area (TPSA) is 134 Å². The SMILES string of the molecule is CCCCCCCCCCCCC/C=C/CCC(=O)O[C@H](COC(=O)CCCCCCCCCCCCCCCCCC)COP(=O)(O)OCCN. The molecule has 1 unspecified atom stereocenters. The number of hydrogen-bond acceptors (Lipinski definition) is 8. The van der Waals surface area contributed by atoms with Crippen LogP contribution in [-0.4, -0.2) is 49.3 Å². The van der Waals surface area contributed by atoms with E-state index in [-0.39, 0.29) is 38.6 Å². The second kappa shape index (κ2) is 39.4. The van der Waals surface area contributed by atoms with Crippen LogP contribution in [0.5, 0.6) is 0 Å². The maximum absolute atomic E-state index is 12.5. The Morgan fingerprint density at radius 1 is 0.558 bits per heavy atom. The van der Waals surface area contributed by atoms with E-state index in [2.05, 4.69) is 19.9 Å². The third-order valence-corrected chi connectivity index (χ3v) is 10.4. The average molecular weight is 760 g/mol. The van der Waals surface area contributed by atoms with Crippen LogP contribution in [0.1, 0.15) is 213 Å². The van der Waals surface area contributed by atoms with Crippen molar-refractivity contribution < 1.29 is 37.6 Å². The summed E-state index contributed by atoms with van der Waals surface area (Å²) in [4.78, 5) is 34.8. The molecule has 10 heteroatoms. The Kier molecular flexibility index (Phi) is 38.5. The van der Waals surface area contributed by atoms with Gasteiger partial charge in [0.1, 0.15) is 6.61 Å². The van der Waals surface area contributed by atoms with E-state index in [4.69, 9.17) is 24.3 Å². The maximum atomic E-state index is 12.5. The third-order valence-electron chi connectivity index (χ3n) is 9.41. The van der Waals surface area contributed by atoms with E-state index in [1.807, 2.05) is 6.08 Å². The summed E-state index contributed by atoms with van der Waals surface area (Å²) in [5, 5.41) is 0. The minimum atomic E-state index is -4.38. The average Bonchev–Trinajstić information content (AvgIpc) is 3.13. The quantitative estimate of drug-likeness (QED) is 0.0270. The third kappa shape index (κ3) is 38.5. The molecule has 0 saturated carbocycles. The van der Waals surface area contributed by atoms with Crippen molar-refractivity contribution in [3.05, 3.63) is 12.2 Å². The number of phosphoric ester groups is 1. The van der Waals surface area contributed by atoms with Crippen LogP contribution in [0.15, 0.2) is 12.2 Å². The molecule has 0 spiro atoms. The fraction of sp³-hybridized carbons (Fsp3) is 0.905. The van der Waals surface area contributed by atoms with Gasteiger partial charge in [-0.2, -0.15) is 0 Å². The minimum Gasteiger partial charge on any atom is -0.462 e. The zero-order valence-corrected chi connectivity index (χ0v) is 34.7. The molecule has 0 aliphatic heterocycles. The van der Waals surface area contributed by atoms with Crippen LogP contribution in [0.4, 0.5) is 0 Å². The second-order valence-corrected chi connectivity index (χ2v) is 16.0. The van der Waals surface area contributed by atoms with Gasteiger partial charge in [-0.3, -0.25) is 18.6 Å². The number of ether oxygens (including phenoxy) is 2. The Labute approximate surface area is 319 Å². The first-order chi connectivity index (χ1) is 25.3. The number of esters is 2. The van der Waals surface area contributed by atoms with Gasteiger partial charge in [0.25, 0.3) is 0 Å². The van der Waals surface area contributed by atoms with Crippen LogP contribution in [0, 0.1) is 0 Å². The lowest BCUT2D eigenvalue weighted by molar-refractivity contribution is -0.161. The summed E-state index contributed by atoms with van der Waals surface area (Å²) in [6, 6.07) is 0. The van der Waals surface area contributed by atoms with Gasteiger partial charge < -0.3 is 20.1 Å². The first-order valence-electron chi connectivity index (χ1n) is 21.7. The van der Waals surface area contributed by atoms with Crippen LogP contribution in [0.2, 0.25) is 0 Å². The van der Waals surface area contributed by atoms with Gasteiger partial charge in [-0.15, -0.1) is 0 Å². The van der Waals surface area contributed by atoms with Gasteiger partial charge >= 0.3 is 19.8 Å². The van der Waals surface area contributed by atoms with Gasteiger partial charge in [0.2, 0.25) is 0 Å². The lowest BCUT2D eigenvalue weighted by Gasteiger charge is -2.19. The number of phosphoric acid groups is 1. The summed E-state index contributed by atoms with van der Waals surface area (Å²) < 4.78 is 32.7. The molecule has 3 N–H and O–H groups in total. The fourth-order valence-electron chi connectivity index (χ4n) is 6.18. The summed E-state index contributed by atoms with van der Waals surface area (Å²) in [5.74, 6) is -0.874. The molecule has 0 rings (SSSR count). The van der Waals surface area contributed by atoms with E-state index in [9.17, 15) is 19.0 Å². The highest BCUT2D eigenvalue weighted by Gasteiger charge is 2.25. The molecule has 0 saturated heterocycles. The standard InChI is InChI=1S/C42H82NO8P/c1-3-5-7-9-11-13-15-17-19-21-22-24-26-28-30-32-34-41(44)48-38-40(39-50-52(46,47)49-37-36-43)51-42(45)35-33-31-29-27-25-23-20-18-16-14-12-10-8-6-4-2/h29,31,40H,3-28,30,32-39,43H2,1-2H3,(H,46,47)/b31-29+/t40-/m1/s1. The smallest absolute Gasteiger partial charge is 0.462 e. The second-order valence-electron chi connectivity index (χ2n) is 14.6. The van der Waals surface area contributed by atoms with Crippen molar-refractivity contribution in [2.24, 2.45) is 5.73 Å². The van der Waals surface area contributed by atoms with E-state index in [1.54, 1.807) is 0 Å². The van der Waals surface area contributed by atoms with Gasteiger partial charge in [-0.1, -0.05) is 187 Å². The van der Waals surface area contributed by atoms with E-state index >= 15 is 0 Å². The molecule has 0 aliphatic rings. The highest BCUT2D eigenvalue weighted by atomic mass is 31.2. The number of carbonyl (C=O) groups excluding carboxylic acids is 2. The first-order valence-corrected chi connectivity index (χ1v) is 23.2. The molecule has 9 nitrogen and oxygen atoms in total. The van der Waals surface area contributed by atoms with Crippen LogP contribution in [-0.2, 0) is 32.7 Å². The normalized spacial score (nSPS) is 13.4. The van der Waals surface area contributed by atoms with E-state index in [0.717, 1.165) is 32.1 Å². The number of carbonyl (C=O) groups is 2. The van der Waals surface area contributed by atoms with Crippen molar-refractivity contribution in [2.45, 2.75) is 219 Å². The van der Waals surface area contributed by atoms with Crippen LogP contribution < -0.4 is 5.73 Å². The van der Waals surface area contributed by atoms with E-state index < -0.39 is 26.5 Å². The molecule has 0 heterocycles. The molecule has 0 aromatic heterocycles. The van der Waals surface area contributed by atoms with Gasteiger partial charge in [0.05, 0.1) is 13.2 Å². The fourth-order valence-corrected chi connectivity index (χ4v) is 6.95. The lowest BCUT2D eigenvalue weighted by atomic mass is 10.0. The summed E-state index contributed by atoms with van der Waals surface area (Å²) in [6.45, 7) is 3.72. The number of nitrogens with two attached hydrogens (primary N) is 1. The van der Waals surface area contributed by atoms with Crippen LogP contribution in [0.25, 0.3) is 0 Å². The molecule has 0 aromatic carbocycles. The summed E-state index contributed by atoms with van der Waals surface area (Å²) >= 11 is 0. The molecule has 2 atom stereocenters. The maximum Gasteiger partial charge on any atom is 0.472 e. The van der Waals surface area contributed by atoms with Crippen molar-refractivity contribution in [1.82, 2.24) is 0 Å². The Bertz CT molecular complexity index is 871. The molecular formula is C42H82NO8P. The largest absolute Gasteiger partial charge is 0.472 e. The lowest BCUT2D eigenvalue weighted by Crippen LogP contribution is -2.29. The van der Waals surface area contributed by atoms with E-state index in [0.29, 0.717) is 6.42 Å². The molecule has 0 bridgehead atoms. The Hall–Kier alpha value is -1.25. The molecular weight excluding hydrogens is 677 g/mol. The van der Waals surface area contributed by atoms with Gasteiger partial charge in [-0.25, -0.2) is 4.57 Å². The van der Waals surface area contributed by atoms with Crippen molar-refractivity contribution in [3.63, 3.8) is 0 Å². The number of hydrogen-bond donors (Lipinski definition) is 2. The van der Waals surface area contributed by atoms with Crippen LogP contribution in [0.3, 0.4) is 0 Å². The van der Waals surface area contributed by atoms with Gasteiger partial charge in [-0.05, 0) is 25.7 Å². The van der Waals surface area contributed by atoms with Gasteiger partial charge in [0, 0.05) is 19.4 Å². The highest BCUT2D eigenvalue weighted by molar-refractivity contribution is 7.47. The van der Waals surface area contributed by atoms with E-state index in [1.165, 1.54) is 148 Å². The molecule has 0 amide bonds. The van der Waals surface area contributed by atoms with Crippen LogP contribution >= 0.6 is 7.82 Å². The summed E-state index contributed by atoms with van der Waals surface area (Å²) in [7, 11) is -4.38. The summed E-state index contributed by atoms with van der Waals surface area (Å²) in [5.41, 5.74) is 5.34. The predicted molar refractivity (Wildman–Crippen MR) is 215 cm³/mol. The molecule has 0 radical (unpaired) electrons. The predicted octanol–water partition coefficient (Wildman–Crippen LogP) is 12.2. The van der Waals surface area contributed by atoms with Crippen molar-refractivity contribution in [1.29, 1.82) is 0 Å². The highest BCUT2D eigenvalue weighted by Crippen LogP contribution is 2.43. The Morgan fingerprint density at radius 3 is 1.44 bits per heavy atom. The molecule has 52 heavy (non-hydrogen) atoms. The van der Waals surface area contributed by atoms with Crippen molar-refractivity contribution in [2.75, 3.05) is 26.4 Å². The zero-order valence-electron chi connectivity index (χ0n) is 33.8. The Balaban J connectivity index is 4.15. The molecule has 308 valence electrons. The molecule has 0 aromatic rings. The Morgan fingerprint density at radius 2 is 0.981 bits per heavy atom. The number of allylic oxidation sites excluding steroid dienone is 2. The number of rotatable bonds is 41. The van der Waals surface area contributed by atoms with Crippen molar-refractivity contribution >= 4 is 19.8 Å². The molecule has 0 aliphatic carbocycles. The summed E-state index contributed by atoms with van der Waals surface area (Å²) in [6.07, 6.45) is 39.7. The zero-order chi connectivity index (χ0) is 38.2. The van der Waals surface area contributed by atoms with Gasteiger partial charge in [0.15, 0.2) is 6.10 Å². The number of unbranched alkanes of at least 4 members (excludes halogenated alkanes) is 26. The minimum absolute atomic E-state index is 0.0517. The first kappa shape index (κ1) is 50.8. The molecule has 0 fully saturated rings.